The molecule has 0 aliphatic rings. The minimum atomic E-state index is 1.36. The third-order valence-electron chi connectivity index (χ3n) is 5.29. The van der Waals surface area contributed by atoms with Gasteiger partial charge in [-0.3, -0.25) is 0 Å². The lowest BCUT2D eigenvalue weighted by molar-refractivity contribution is 1.22. The Morgan fingerprint density at radius 3 is 1.33 bits per heavy atom. The van der Waals surface area contributed by atoms with E-state index in [0.717, 1.165) is 0 Å². The van der Waals surface area contributed by atoms with Crippen molar-refractivity contribution in [1.29, 1.82) is 0 Å². The maximum atomic E-state index is 2.35. The zero-order valence-corrected chi connectivity index (χ0v) is 15.1. The van der Waals surface area contributed by atoms with Crippen LogP contribution in [0.25, 0.3) is 16.8 Å². The van der Waals surface area contributed by atoms with Gasteiger partial charge in [-0.2, -0.15) is 0 Å². The molecule has 0 aromatic heterocycles. The second kappa shape index (κ2) is 5.33. The molecule has 2 rings (SSSR count). The van der Waals surface area contributed by atoms with Crippen LogP contribution in [0.15, 0.2) is 5.57 Å². The summed E-state index contributed by atoms with van der Waals surface area (Å²) in [6.07, 6.45) is 2.35. The summed E-state index contributed by atoms with van der Waals surface area (Å²) in [6.45, 7) is 20.2. The first kappa shape index (κ1) is 15.8. The fraction of sp³-hybridized carbons (Fsp3) is 0.429. The maximum absolute atomic E-state index is 2.35. The van der Waals surface area contributed by atoms with Crippen molar-refractivity contribution in [3.63, 3.8) is 0 Å². The highest BCUT2D eigenvalue weighted by Crippen LogP contribution is 2.38. The van der Waals surface area contributed by atoms with Gasteiger partial charge in [0, 0.05) is 0 Å². The van der Waals surface area contributed by atoms with Gasteiger partial charge in [-0.15, -0.1) is 0 Å². The number of hydrogen-bond acceptors (Lipinski definition) is 0. The third-order valence-corrected chi connectivity index (χ3v) is 5.29. The van der Waals surface area contributed by atoms with Crippen molar-refractivity contribution in [2.24, 2.45) is 0 Å². The lowest BCUT2D eigenvalue weighted by atomic mass is 9.83. The average molecular weight is 280 g/mol. The molecule has 0 unspecified atom stereocenters. The van der Waals surface area contributed by atoms with Gasteiger partial charge in [-0.1, -0.05) is 11.6 Å². The summed E-state index contributed by atoms with van der Waals surface area (Å²) in [4.78, 5) is 0. The molecule has 0 fully saturated rings. The van der Waals surface area contributed by atoms with E-state index in [1.165, 1.54) is 60.9 Å². The van der Waals surface area contributed by atoms with Crippen molar-refractivity contribution in [2.45, 2.75) is 62.3 Å². The van der Waals surface area contributed by atoms with Crippen molar-refractivity contribution in [3.05, 3.63) is 50.1 Å². The van der Waals surface area contributed by atoms with Crippen LogP contribution in [0.2, 0.25) is 0 Å². The predicted octanol–water partition coefficient (Wildman–Crippen LogP) is 6.42. The van der Waals surface area contributed by atoms with Crippen molar-refractivity contribution in [2.75, 3.05) is 0 Å². The molecule has 2 aromatic carbocycles. The molecule has 0 heteroatoms. The zero-order chi connectivity index (χ0) is 16.1. The van der Waals surface area contributed by atoms with E-state index in [2.05, 4.69) is 68.4 Å². The van der Waals surface area contributed by atoms with E-state index in [4.69, 9.17) is 0 Å². The van der Waals surface area contributed by atoms with E-state index in [-0.39, 0.29) is 0 Å². The first-order valence-electron chi connectivity index (χ1n) is 7.83. The summed E-state index contributed by atoms with van der Waals surface area (Å²) >= 11 is 0. The zero-order valence-electron chi connectivity index (χ0n) is 15.1. The Kier molecular flexibility index (Phi) is 4.02. The molecule has 0 amide bonds. The quantitative estimate of drug-likeness (QED) is 0.565. The highest BCUT2D eigenvalue weighted by Gasteiger charge is 2.17. The van der Waals surface area contributed by atoms with Crippen molar-refractivity contribution >= 4 is 16.8 Å². The summed E-state index contributed by atoms with van der Waals surface area (Å²) in [7, 11) is 0. The van der Waals surface area contributed by atoms with E-state index in [1.807, 2.05) is 0 Å². The van der Waals surface area contributed by atoms with Crippen molar-refractivity contribution in [1.82, 2.24) is 0 Å². The molecule has 0 saturated carbocycles. The van der Waals surface area contributed by atoms with Gasteiger partial charge in [0.25, 0.3) is 0 Å². The predicted molar refractivity (Wildman–Crippen MR) is 96.4 cm³/mol. The molecule has 112 valence electrons. The molecule has 0 aliphatic carbocycles. The number of allylic oxidation sites excluding steroid dienone is 1. The molecule has 0 heterocycles. The van der Waals surface area contributed by atoms with Crippen LogP contribution in [-0.4, -0.2) is 0 Å². The summed E-state index contributed by atoms with van der Waals surface area (Å²) < 4.78 is 0. The van der Waals surface area contributed by atoms with Crippen LogP contribution in [0, 0.1) is 48.5 Å². The fourth-order valence-electron chi connectivity index (χ4n) is 3.45. The Bertz CT molecular complexity index is 759. The van der Waals surface area contributed by atoms with Crippen LogP contribution in [0.1, 0.15) is 58.4 Å². The molecular weight excluding hydrogens is 252 g/mol. The molecule has 2 aromatic rings. The number of rotatable bonds is 1. The van der Waals surface area contributed by atoms with Gasteiger partial charge in [0.05, 0.1) is 0 Å². The smallest absolute Gasteiger partial charge is 0.00711 e. The van der Waals surface area contributed by atoms with Crippen LogP contribution in [0.5, 0.6) is 0 Å². The average Bonchev–Trinajstić information content (AvgIpc) is 2.42. The highest BCUT2D eigenvalue weighted by molar-refractivity contribution is 6.01. The molecule has 0 saturated heterocycles. The first-order chi connectivity index (χ1) is 9.68. The van der Waals surface area contributed by atoms with E-state index in [1.54, 1.807) is 0 Å². The molecular formula is C21H28. The molecule has 0 spiro atoms. The Morgan fingerprint density at radius 2 is 0.905 bits per heavy atom. The SMILES string of the molecule is CC(C)=Cc1c(C)c(C)c(C)c2c(C)c(C)c(C)c(C)c12. The minimum absolute atomic E-state index is 1.36. The largest absolute Gasteiger partial charge is 0.0758 e. The topological polar surface area (TPSA) is 0 Å². The molecule has 0 aliphatic heterocycles. The molecule has 0 nitrogen and oxygen atoms in total. The summed E-state index contributed by atoms with van der Waals surface area (Å²) in [6, 6.07) is 0. The first-order valence-corrected chi connectivity index (χ1v) is 7.83. The number of benzene rings is 2. The van der Waals surface area contributed by atoms with Gasteiger partial charge in [-0.25, -0.2) is 0 Å². The Labute approximate surface area is 129 Å². The molecule has 0 radical (unpaired) electrons. The van der Waals surface area contributed by atoms with Gasteiger partial charge in [-0.05, 0) is 118 Å². The van der Waals surface area contributed by atoms with Gasteiger partial charge in [0.1, 0.15) is 0 Å². The number of aryl methyl sites for hydroxylation is 3. The Balaban J connectivity index is 3.21. The highest BCUT2D eigenvalue weighted by atomic mass is 14.2. The van der Waals surface area contributed by atoms with Crippen LogP contribution >= 0.6 is 0 Å². The maximum Gasteiger partial charge on any atom is -0.00711 e. The second-order valence-electron chi connectivity index (χ2n) is 6.76. The molecule has 0 atom stereocenters. The van der Waals surface area contributed by atoms with Crippen molar-refractivity contribution < 1.29 is 0 Å². The van der Waals surface area contributed by atoms with Crippen molar-refractivity contribution in [3.8, 4) is 0 Å². The normalized spacial score (nSPS) is 11.1. The fourth-order valence-corrected chi connectivity index (χ4v) is 3.45. The van der Waals surface area contributed by atoms with E-state index in [0.29, 0.717) is 0 Å². The number of hydrogen-bond donors (Lipinski definition) is 0. The molecule has 0 bridgehead atoms. The van der Waals surface area contributed by atoms with Crippen LogP contribution < -0.4 is 0 Å². The van der Waals surface area contributed by atoms with E-state index >= 15 is 0 Å². The summed E-state index contributed by atoms with van der Waals surface area (Å²) in [5.41, 5.74) is 12.8. The lowest BCUT2D eigenvalue weighted by Crippen LogP contribution is -2.02. The standard InChI is InChI=1S/C21H28/c1-11(2)10-19-15(6)14(5)17(8)20-16(7)12(3)13(4)18(9)21(19)20/h10H,1-9H3. The van der Waals surface area contributed by atoms with Crippen LogP contribution in [0.4, 0.5) is 0 Å². The van der Waals surface area contributed by atoms with Gasteiger partial charge in [0.15, 0.2) is 0 Å². The van der Waals surface area contributed by atoms with Crippen LogP contribution in [0.3, 0.4) is 0 Å². The monoisotopic (exact) mass is 280 g/mol. The summed E-state index contributed by atoms with van der Waals surface area (Å²) in [5, 5.41) is 2.92. The van der Waals surface area contributed by atoms with E-state index in [9.17, 15) is 0 Å². The van der Waals surface area contributed by atoms with Gasteiger partial charge >= 0.3 is 0 Å². The third kappa shape index (κ3) is 2.31. The molecule has 0 N–H and O–H groups in total. The Morgan fingerprint density at radius 1 is 0.524 bits per heavy atom. The van der Waals surface area contributed by atoms with Gasteiger partial charge < -0.3 is 0 Å². The van der Waals surface area contributed by atoms with Gasteiger partial charge in [0.2, 0.25) is 0 Å². The van der Waals surface area contributed by atoms with E-state index < -0.39 is 0 Å². The molecule has 21 heavy (non-hydrogen) atoms. The Hall–Kier alpha value is -1.56. The number of fused-ring (bicyclic) bond motifs is 1. The summed E-state index contributed by atoms with van der Waals surface area (Å²) in [5.74, 6) is 0. The minimum Gasteiger partial charge on any atom is -0.0758 e. The second-order valence-corrected chi connectivity index (χ2v) is 6.76. The van der Waals surface area contributed by atoms with Crippen LogP contribution in [-0.2, 0) is 0 Å². The lowest BCUT2D eigenvalue weighted by Gasteiger charge is -2.22.